The number of carbonyl (C=O) groups is 1. The number of carbonyl (C=O) groups excluding carboxylic acids is 1. The lowest BCUT2D eigenvalue weighted by Gasteiger charge is -2.27. The van der Waals surface area contributed by atoms with Gasteiger partial charge in [0.2, 0.25) is 5.91 Å². The molecule has 5 nitrogen and oxygen atoms in total. The molecule has 1 heterocycles. The van der Waals surface area contributed by atoms with Crippen LogP contribution in [0.4, 0.5) is 0 Å². The molecule has 2 rings (SSSR count). The molecular formula is C18H23N3O2. The Labute approximate surface area is 136 Å². The van der Waals surface area contributed by atoms with Gasteiger partial charge in [0, 0.05) is 11.8 Å². The molecule has 1 atom stereocenters. The van der Waals surface area contributed by atoms with Crippen LogP contribution in [0.25, 0.3) is 0 Å². The molecule has 0 radical (unpaired) electrons. The largest absolute Gasteiger partial charge is 0.343 e. The summed E-state index contributed by atoms with van der Waals surface area (Å²) < 4.78 is 0. The number of rotatable bonds is 4. The van der Waals surface area contributed by atoms with Gasteiger partial charge < -0.3 is 10.3 Å². The Kier molecular flexibility index (Phi) is 4.68. The monoisotopic (exact) mass is 313 g/mol. The van der Waals surface area contributed by atoms with Crippen LogP contribution in [0.5, 0.6) is 0 Å². The minimum absolute atomic E-state index is 0.103. The zero-order chi connectivity index (χ0) is 17.2. The van der Waals surface area contributed by atoms with E-state index >= 15 is 0 Å². The lowest BCUT2D eigenvalue weighted by molar-refractivity contribution is -0.124. The zero-order valence-corrected chi connectivity index (χ0v) is 14.2. The van der Waals surface area contributed by atoms with E-state index < -0.39 is 5.54 Å². The summed E-state index contributed by atoms with van der Waals surface area (Å²) >= 11 is 0. The molecule has 1 unspecified atom stereocenters. The summed E-state index contributed by atoms with van der Waals surface area (Å²) in [6, 6.07) is 9.26. The fourth-order valence-electron chi connectivity index (χ4n) is 2.56. The molecular weight excluding hydrogens is 290 g/mol. The minimum atomic E-state index is -0.765. The highest BCUT2D eigenvalue weighted by Crippen LogP contribution is 2.22. The number of amides is 1. The highest BCUT2D eigenvalue weighted by atomic mass is 16.2. The number of hydrogen-bond donors (Lipinski definition) is 2. The minimum Gasteiger partial charge on any atom is -0.343 e. The van der Waals surface area contributed by atoms with E-state index in [1.165, 1.54) is 6.07 Å². The number of aromatic amines is 1. The van der Waals surface area contributed by atoms with Gasteiger partial charge in [0.25, 0.3) is 5.56 Å². The van der Waals surface area contributed by atoms with Crippen LogP contribution in [0.1, 0.15) is 49.3 Å². The van der Waals surface area contributed by atoms with E-state index in [1.54, 1.807) is 6.92 Å². The third-order valence-electron chi connectivity index (χ3n) is 3.95. The summed E-state index contributed by atoms with van der Waals surface area (Å²) in [5.74, 6) is 0.0632. The Hall–Kier alpha value is -2.43. The number of hydrogen-bond acceptors (Lipinski definition) is 3. The highest BCUT2D eigenvalue weighted by Gasteiger charge is 2.28. The van der Waals surface area contributed by atoms with Crippen molar-refractivity contribution in [2.45, 2.75) is 46.1 Å². The van der Waals surface area contributed by atoms with E-state index in [-0.39, 0.29) is 17.4 Å². The average Bonchev–Trinajstić information content (AvgIpc) is 2.45. The van der Waals surface area contributed by atoms with Crippen molar-refractivity contribution < 1.29 is 4.79 Å². The number of aromatic nitrogens is 2. The van der Waals surface area contributed by atoms with Crippen LogP contribution >= 0.6 is 0 Å². The second-order valence-electron chi connectivity index (χ2n) is 6.43. The molecule has 5 heteroatoms. The normalized spacial score (nSPS) is 12.7. The van der Waals surface area contributed by atoms with Gasteiger partial charge in [-0.2, -0.15) is 0 Å². The topological polar surface area (TPSA) is 74.8 Å². The Morgan fingerprint density at radius 2 is 1.91 bits per heavy atom. The van der Waals surface area contributed by atoms with Crippen LogP contribution in [0.15, 0.2) is 35.1 Å². The number of nitrogens with one attached hydrogen (secondary N) is 2. The molecule has 0 saturated heterocycles. The molecule has 0 fully saturated rings. The Morgan fingerprint density at radius 3 is 2.52 bits per heavy atom. The van der Waals surface area contributed by atoms with E-state index in [4.69, 9.17) is 0 Å². The predicted octanol–water partition coefficient (Wildman–Crippen LogP) is 2.54. The number of H-pyrrole nitrogens is 1. The van der Waals surface area contributed by atoms with Crippen molar-refractivity contribution in [3.05, 3.63) is 63.3 Å². The van der Waals surface area contributed by atoms with Crippen molar-refractivity contribution in [3.63, 3.8) is 0 Å². The van der Waals surface area contributed by atoms with Crippen LogP contribution < -0.4 is 10.9 Å². The van der Waals surface area contributed by atoms with Gasteiger partial charge in [-0.3, -0.25) is 9.59 Å². The summed E-state index contributed by atoms with van der Waals surface area (Å²) in [5, 5.41) is 2.98. The van der Waals surface area contributed by atoms with Crippen molar-refractivity contribution in [2.75, 3.05) is 0 Å². The first-order valence-corrected chi connectivity index (χ1v) is 7.66. The Bertz CT molecular complexity index is 778. The lowest BCUT2D eigenvalue weighted by Crippen LogP contribution is -2.45. The summed E-state index contributed by atoms with van der Waals surface area (Å²) in [7, 11) is 0. The van der Waals surface area contributed by atoms with Crippen molar-refractivity contribution in [1.82, 2.24) is 15.3 Å². The van der Waals surface area contributed by atoms with E-state index in [0.29, 0.717) is 11.5 Å². The molecule has 1 amide bonds. The lowest BCUT2D eigenvalue weighted by atomic mass is 9.94. The molecule has 23 heavy (non-hydrogen) atoms. The molecule has 122 valence electrons. The average molecular weight is 313 g/mol. The van der Waals surface area contributed by atoms with Crippen molar-refractivity contribution >= 4 is 5.91 Å². The van der Waals surface area contributed by atoms with E-state index in [9.17, 15) is 9.59 Å². The summed E-state index contributed by atoms with van der Waals surface area (Å²) in [6.07, 6.45) is 0. The molecule has 0 spiro atoms. The van der Waals surface area contributed by atoms with Crippen LogP contribution in [0.2, 0.25) is 0 Å². The first kappa shape index (κ1) is 16.9. The summed E-state index contributed by atoms with van der Waals surface area (Å²) in [5.41, 5.74) is 1.71. The van der Waals surface area contributed by atoms with E-state index in [0.717, 1.165) is 11.1 Å². The molecule has 1 aromatic carbocycles. The van der Waals surface area contributed by atoms with E-state index in [1.807, 2.05) is 52.0 Å². The van der Waals surface area contributed by atoms with Gasteiger partial charge >= 0.3 is 0 Å². The molecule has 2 N–H and O–H groups in total. The predicted molar refractivity (Wildman–Crippen MR) is 90.4 cm³/mol. The van der Waals surface area contributed by atoms with Crippen LogP contribution in [0.3, 0.4) is 0 Å². The maximum atomic E-state index is 12.6. The third-order valence-corrected chi connectivity index (χ3v) is 3.95. The molecule has 1 aromatic heterocycles. The summed E-state index contributed by atoms with van der Waals surface area (Å²) in [6.45, 7) is 9.27. The van der Waals surface area contributed by atoms with Crippen LogP contribution in [0, 0.1) is 13.8 Å². The van der Waals surface area contributed by atoms with Crippen molar-refractivity contribution in [3.8, 4) is 0 Å². The molecule has 0 aliphatic rings. The quantitative estimate of drug-likeness (QED) is 0.911. The van der Waals surface area contributed by atoms with Crippen LogP contribution in [-0.4, -0.2) is 15.9 Å². The number of benzene rings is 1. The molecule has 0 saturated carbocycles. The van der Waals surface area contributed by atoms with Gasteiger partial charge in [0.05, 0.1) is 11.5 Å². The molecule has 0 aliphatic heterocycles. The molecule has 0 aliphatic carbocycles. The maximum absolute atomic E-state index is 12.6. The van der Waals surface area contributed by atoms with Gasteiger partial charge in [-0.05, 0) is 45.7 Å². The molecule has 2 aromatic rings. The molecule has 0 bridgehead atoms. The Balaban J connectivity index is 2.24. The van der Waals surface area contributed by atoms with Crippen molar-refractivity contribution in [1.29, 1.82) is 0 Å². The van der Waals surface area contributed by atoms with Gasteiger partial charge in [0.15, 0.2) is 0 Å². The smallest absolute Gasteiger partial charge is 0.251 e. The number of nitrogens with zero attached hydrogens (tertiary/aromatic N) is 1. The van der Waals surface area contributed by atoms with Gasteiger partial charge in [-0.1, -0.05) is 24.3 Å². The van der Waals surface area contributed by atoms with Gasteiger partial charge in [-0.25, -0.2) is 4.98 Å². The Morgan fingerprint density at radius 1 is 1.26 bits per heavy atom. The highest BCUT2D eigenvalue weighted by molar-refractivity contribution is 5.84. The first-order valence-electron chi connectivity index (χ1n) is 7.66. The van der Waals surface area contributed by atoms with Crippen molar-refractivity contribution in [2.24, 2.45) is 0 Å². The SMILES string of the molecule is Cc1cc(=O)[nH]c(C(C)(C)NC(=O)C(C)c2ccccc2C)n1. The zero-order valence-electron chi connectivity index (χ0n) is 14.2. The second kappa shape index (κ2) is 6.36. The van der Waals surface area contributed by atoms with E-state index in [2.05, 4.69) is 15.3 Å². The number of aryl methyl sites for hydroxylation is 2. The fraction of sp³-hybridized carbons (Fsp3) is 0.389. The third kappa shape index (κ3) is 3.86. The second-order valence-corrected chi connectivity index (χ2v) is 6.43. The summed E-state index contributed by atoms with van der Waals surface area (Å²) in [4.78, 5) is 31.3. The van der Waals surface area contributed by atoms with Crippen LogP contribution in [-0.2, 0) is 10.3 Å². The van der Waals surface area contributed by atoms with Gasteiger partial charge in [-0.15, -0.1) is 0 Å². The fourth-order valence-corrected chi connectivity index (χ4v) is 2.56. The maximum Gasteiger partial charge on any atom is 0.251 e. The first-order chi connectivity index (χ1) is 10.7. The van der Waals surface area contributed by atoms with Gasteiger partial charge in [0.1, 0.15) is 5.82 Å². The standard InChI is InChI=1S/C18H23N3O2/c1-11-8-6-7-9-14(11)13(3)16(23)21-18(4,5)17-19-12(2)10-15(22)20-17/h6-10,13H,1-5H3,(H,21,23)(H,19,20,22).